The van der Waals surface area contributed by atoms with Crippen LogP contribution in [0.4, 0.5) is 0 Å². The van der Waals surface area contributed by atoms with Gasteiger partial charge in [-0.2, -0.15) is 0 Å². The molecular formula is C14H19N3O3. The maximum Gasteiger partial charge on any atom is 0.238 e. The van der Waals surface area contributed by atoms with E-state index in [1.54, 1.807) is 0 Å². The van der Waals surface area contributed by atoms with Gasteiger partial charge in [0.05, 0.1) is 12.6 Å². The molecule has 1 aromatic carbocycles. The van der Waals surface area contributed by atoms with Crippen LogP contribution in [0.5, 0.6) is 11.5 Å². The quantitative estimate of drug-likeness (QED) is 0.695. The highest BCUT2D eigenvalue weighted by Crippen LogP contribution is 2.30. The number of carbonyl (C=O) groups is 1. The summed E-state index contributed by atoms with van der Waals surface area (Å²) in [7, 11) is 0. The Morgan fingerprint density at radius 1 is 1.30 bits per heavy atom. The van der Waals surface area contributed by atoms with Crippen molar-refractivity contribution in [3.63, 3.8) is 0 Å². The Kier molecular flexibility index (Phi) is 4.03. The Morgan fingerprint density at radius 2 is 2.15 bits per heavy atom. The maximum absolute atomic E-state index is 12.0. The van der Waals surface area contributed by atoms with Gasteiger partial charge in [0.1, 0.15) is 12.7 Å². The Morgan fingerprint density at radius 3 is 2.95 bits per heavy atom. The van der Waals surface area contributed by atoms with E-state index in [0.29, 0.717) is 19.7 Å². The molecule has 6 heteroatoms. The molecule has 0 radical (unpaired) electrons. The zero-order valence-corrected chi connectivity index (χ0v) is 11.2. The molecular weight excluding hydrogens is 258 g/mol. The van der Waals surface area contributed by atoms with Crippen LogP contribution < -0.4 is 25.4 Å². The number of piperazine rings is 1. The molecule has 1 amide bonds. The summed E-state index contributed by atoms with van der Waals surface area (Å²) in [5.74, 6) is 1.49. The Hall–Kier alpha value is -1.79. The smallest absolute Gasteiger partial charge is 0.238 e. The predicted octanol–water partition coefficient (Wildman–Crippen LogP) is -0.496. The van der Waals surface area contributed by atoms with Crippen molar-refractivity contribution in [3.05, 3.63) is 24.3 Å². The number of benzene rings is 1. The van der Waals surface area contributed by atoms with Crippen LogP contribution in [0.1, 0.15) is 0 Å². The summed E-state index contributed by atoms with van der Waals surface area (Å²) in [6.45, 7) is 3.28. The van der Waals surface area contributed by atoms with Crippen molar-refractivity contribution in [3.8, 4) is 11.5 Å². The van der Waals surface area contributed by atoms with Crippen LogP contribution in [0.15, 0.2) is 24.3 Å². The molecule has 2 unspecified atom stereocenters. The molecule has 3 rings (SSSR count). The molecule has 20 heavy (non-hydrogen) atoms. The van der Waals surface area contributed by atoms with E-state index >= 15 is 0 Å². The van der Waals surface area contributed by atoms with Crippen molar-refractivity contribution in [2.75, 3.05) is 32.8 Å². The van der Waals surface area contributed by atoms with E-state index < -0.39 is 0 Å². The Labute approximate surface area is 117 Å². The van der Waals surface area contributed by atoms with Gasteiger partial charge in [-0.15, -0.1) is 0 Å². The van der Waals surface area contributed by atoms with Gasteiger partial charge < -0.3 is 25.4 Å². The zero-order valence-electron chi connectivity index (χ0n) is 11.2. The molecule has 2 aliphatic rings. The van der Waals surface area contributed by atoms with Crippen molar-refractivity contribution in [1.82, 2.24) is 16.0 Å². The van der Waals surface area contributed by atoms with Gasteiger partial charge in [0.2, 0.25) is 5.91 Å². The molecule has 2 heterocycles. The third-order valence-electron chi connectivity index (χ3n) is 3.43. The second-order valence-electron chi connectivity index (χ2n) is 4.95. The van der Waals surface area contributed by atoms with Crippen LogP contribution in [0.2, 0.25) is 0 Å². The first-order valence-corrected chi connectivity index (χ1v) is 6.93. The number of para-hydroxylation sites is 2. The van der Waals surface area contributed by atoms with E-state index in [9.17, 15) is 4.79 Å². The zero-order chi connectivity index (χ0) is 13.8. The lowest BCUT2D eigenvalue weighted by Crippen LogP contribution is -2.56. The number of nitrogens with one attached hydrogen (secondary N) is 3. The molecule has 2 aliphatic heterocycles. The highest BCUT2D eigenvalue weighted by molar-refractivity contribution is 5.82. The van der Waals surface area contributed by atoms with E-state index in [4.69, 9.17) is 9.47 Å². The minimum atomic E-state index is -0.166. The summed E-state index contributed by atoms with van der Waals surface area (Å²) in [6, 6.07) is 7.39. The van der Waals surface area contributed by atoms with Crippen LogP contribution >= 0.6 is 0 Å². The fraction of sp³-hybridized carbons (Fsp3) is 0.500. The first kappa shape index (κ1) is 13.2. The van der Waals surface area contributed by atoms with Gasteiger partial charge in [-0.05, 0) is 12.1 Å². The van der Waals surface area contributed by atoms with Crippen molar-refractivity contribution in [1.29, 1.82) is 0 Å². The number of ether oxygens (including phenoxy) is 2. The van der Waals surface area contributed by atoms with Crippen LogP contribution in [0.3, 0.4) is 0 Å². The van der Waals surface area contributed by atoms with Crippen molar-refractivity contribution in [2.24, 2.45) is 0 Å². The molecule has 1 aromatic rings. The minimum absolute atomic E-state index is 0.000316. The SMILES string of the molecule is O=C(NCC1COc2ccccc2O1)C1CNCCN1. The number of fused-ring (bicyclic) bond motifs is 1. The van der Waals surface area contributed by atoms with Gasteiger partial charge >= 0.3 is 0 Å². The summed E-state index contributed by atoms with van der Waals surface area (Å²) in [5, 5.41) is 9.27. The Bertz CT molecular complexity index is 474. The van der Waals surface area contributed by atoms with E-state index in [2.05, 4.69) is 16.0 Å². The lowest BCUT2D eigenvalue weighted by molar-refractivity contribution is -0.123. The number of carbonyl (C=O) groups excluding carboxylic acids is 1. The average molecular weight is 277 g/mol. The number of rotatable bonds is 3. The predicted molar refractivity (Wildman–Crippen MR) is 74.0 cm³/mol. The van der Waals surface area contributed by atoms with E-state index in [0.717, 1.165) is 24.6 Å². The highest BCUT2D eigenvalue weighted by Gasteiger charge is 2.24. The number of hydrogen-bond acceptors (Lipinski definition) is 5. The molecule has 3 N–H and O–H groups in total. The molecule has 6 nitrogen and oxygen atoms in total. The molecule has 1 fully saturated rings. The third-order valence-corrected chi connectivity index (χ3v) is 3.43. The average Bonchev–Trinajstić information content (AvgIpc) is 2.53. The van der Waals surface area contributed by atoms with Gasteiger partial charge in [-0.25, -0.2) is 0 Å². The van der Waals surface area contributed by atoms with E-state index in [1.165, 1.54) is 0 Å². The summed E-state index contributed by atoms with van der Waals surface area (Å²) in [5.41, 5.74) is 0. The molecule has 0 spiro atoms. The van der Waals surface area contributed by atoms with Gasteiger partial charge in [0.15, 0.2) is 11.5 Å². The van der Waals surface area contributed by atoms with E-state index in [1.807, 2.05) is 24.3 Å². The largest absolute Gasteiger partial charge is 0.486 e. The van der Waals surface area contributed by atoms with Gasteiger partial charge in [-0.3, -0.25) is 4.79 Å². The molecule has 0 aliphatic carbocycles. The molecule has 0 bridgehead atoms. The standard InChI is InChI=1S/C14H19N3O3/c18-14(11-8-15-5-6-16-11)17-7-10-9-19-12-3-1-2-4-13(12)20-10/h1-4,10-11,15-16H,5-9H2,(H,17,18). The first-order valence-electron chi connectivity index (χ1n) is 6.93. The summed E-state index contributed by atoms with van der Waals surface area (Å²) < 4.78 is 11.4. The molecule has 108 valence electrons. The van der Waals surface area contributed by atoms with Crippen molar-refractivity contribution < 1.29 is 14.3 Å². The maximum atomic E-state index is 12.0. The summed E-state index contributed by atoms with van der Waals surface area (Å²) in [4.78, 5) is 12.0. The van der Waals surface area contributed by atoms with Crippen molar-refractivity contribution in [2.45, 2.75) is 12.1 Å². The van der Waals surface area contributed by atoms with Crippen LogP contribution in [0.25, 0.3) is 0 Å². The molecule has 0 aromatic heterocycles. The van der Waals surface area contributed by atoms with Gasteiger partial charge in [0, 0.05) is 19.6 Å². The number of amides is 1. The normalized spacial score (nSPS) is 25.0. The Balaban J connectivity index is 1.49. The fourth-order valence-corrected chi connectivity index (χ4v) is 2.34. The highest BCUT2D eigenvalue weighted by atomic mass is 16.6. The molecule has 0 saturated carbocycles. The van der Waals surface area contributed by atoms with Crippen molar-refractivity contribution >= 4 is 5.91 Å². The second-order valence-corrected chi connectivity index (χ2v) is 4.95. The summed E-state index contributed by atoms with van der Waals surface area (Å²) >= 11 is 0. The molecule has 2 atom stereocenters. The summed E-state index contributed by atoms with van der Waals surface area (Å²) in [6.07, 6.45) is -0.148. The fourth-order valence-electron chi connectivity index (χ4n) is 2.34. The van der Waals surface area contributed by atoms with Crippen LogP contribution in [-0.4, -0.2) is 50.8 Å². The second kappa shape index (κ2) is 6.11. The van der Waals surface area contributed by atoms with E-state index in [-0.39, 0.29) is 18.1 Å². The lowest BCUT2D eigenvalue weighted by atomic mass is 10.2. The monoisotopic (exact) mass is 277 g/mol. The van der Waals surface area contributed by atoms with Gasteiger partial charge in [-0.1, -0.05) is 12.1 Å². The third kappa shape index (κ3) is 3.02. The van der Waals surface area contributed by atoms with Crippen LogP contribution in [-0.2, 0) is 4.79 Å². The topological polar surface area (TPSA) is 71.6 Å². The van der Waals surface area contributed by atoms with Gasteiger partial charge in [0.25, 0.3) is 0 Å². The lowest BCUT2D eigenvalue weighted by Gasteiger charge is -2.28. The van der Waals surface area contributed by atoms with Crippen LogP contribution in [0, 0.1) is 0 Å². The minimum Gasteiger partial charge on any atom is -0.486 e. The molecule has 1 saturated heterocycles. The first-order chi connectivity index (χ1) is 9.83. The number of hydrogen-bond donors (Lipinski definition) is 3.